The Morgan fingerprint density at radius 2 is 1.83 bits per heavy atom. The highest BCUT2D eigenvalue weighted by Gasteiger charge is 2.28. The molecular weight excluding hydrogens is 372 g/mol. The van der Waals surface area contributed by atoms with Crippen LogP contribution in [-0.2, 0) is 19.4 Å². The van der Waals surface area contributed by atoms with E-state index in [4.69, 9.17) is 9.47 Å². The van der Waals surface area contributed by atoms with Gasteiger partial charge in [-0.15, -0.1) is 4.98 Å². The second-order valence-corrected chi connectivity index (χ2v) is 7.12. The number of ether oxygens (including phenoxy) is 2. The molecule has 0 amide bonds. The minimum absolute atomic E-state index is 0.0896. The van der Waals surface area contributed by atoms with Gasteiger partial charge in [0, 0.05) is 23.8 Å². The highest BCUT2D eigenvalue weighted by molar-refractivity contribution is 5.27. The van der Waals surface area contributed by atoms with Gasteiger partial charge in [0.25, 0.3) is 11.5 Å². The molecule has 2 heterocycles. The van der Waals surface area contributed by atoms with Gasteiger partial charge in [0.05, 0.1) is 14.2 Å². The summed E-state index contributed by atoms with van der Waals surface area (Å²) in [6, 6.07) is 10.8. The van der Waals surface area contributed by atoms with Gasteiger partial charge in [-0.1, -0.05) is 30.3 Å². The quantitative estimate of drug-likeness (QED) is 0.672. The normalized spacial score (nSPS) is 15.9. The topological polar surface area (TPSA) is 98.2 Å². The van der Waals surface area contributed by atoms with E-state index >= 15 is 0 Å². The molecule has 1 N–H and O–H groups in total. The van der Waals surface area contributed by atoms with Crippen LogP contribution in [0.5, 0.6) is 12.0 Å². The van der Waals surface area contributed by atoms with Crippen molar-refractivity contribution in [2.24, 2.45) is 0 Å². The Morgan fingerprint density at radius 3 is 2.48 bits per heavy atom. The van der Waals surface area contributed by atoms with Crippen molar-refractivity contribution >= 4 is 0 Å². The third kappa shape index (κ3) is 3.86. The summed E-state index contributed by atoms with van der Waals surface area (Å²) in [5, 5.41) is 3.15. The molecule has 0 radical (unpaired) electrons. The lowest BCUT2D eigenvalue weighted by Gasteiger charge is -2.30. The summed E-state index contributed by atoms with van der Waals surface area (Å²) in [4.78, 5) is 27.7. The van der Waals surface area contributed by atoms with E-state index in [1.54, 1.807) is 0 Å². The lowest BCUT2D eigenvalue weighted by molar-refractivity contribution is 0.213. The van der Waals surface area contributed by atoms with Crippen LogP contribution in [0.3, 0.4) is 0 Å². The summed E-state index contributed by atoms with van der Waals surface area (Å²) in [6.45, 7) is 0.849. The number of benzene rings is 1. The molecule has 0 bridgehead atoms. The van der Waals surface area contributed by atoms with Crippen molar-refractivity contribution in [3.05, 3.63) is 57.5 Å². The largest absolute Gasteiger partial charge is 0.467 e. The van der Waals surface area contributed by atoms with E-state index in [0.717, 1.165) is 30.6 Å². The van der Waals surface area contributed by atoms with Crippen molar-refractivity contribution in [3.63, 3.8) is 0 Å². The molecule has 1 atom stereocenters. The van der Waals surface area contributed by atoms with Crippen LogP contribution < -0.4 is 15.0 Å². The molecule has 9 nitrogen and oxygen atoms in total. The van der Waals surface area contributed by atoms with E-state index in [0.29, 0.717) is 12.5 Å². The van der Waals surface area contributed by atoms with Crippen LogP contribution in [0.2, 0.25) is 0 Å². The third-order valence-electron chi connectivity index (χ3n) is 5.29. The number of hydrogen-bond acceptors (Lipinski definition) is 7. The van der Waals surface area contributed by atoms with Gasteiger partial charge in [0.1, 0.15) is 0 Å². The van der Waals surface area contributed by atoms with Gasteiger partial charge in [-0.05, 0) is 31.9 Å². The first-order valence-electron chi connectivity index (χ1n) is 9.50. The summed E-state index contributed by atoms with van der Waals surface area (Å²) in [5.41, 5.74) is 2.82. The predicted molar refractivity (Wildman–Crippen MR) is 107 cm³/mol. The van der Waals surface area contributed by atoms with Crippen molar-refractivity contribution in [3.8, 4) is 18.0 Å². The van der Waals surface area contributed by atoms with Crippen LogP contribution in [0.1, 0.15) is 23.2 Å². The molecule has 1 aliphatic rings. The van der Waals surface area contributed by atoms with Crippen LogP contribution in [0.25, 0.3) is 5.95 Å². The highest BCUT2D eigenvalue weighted by Crippen LogP contribution is 2.23. The monoisotopic (exact) mass is 396 g/mol. The van der Waals surface area contributed by atoms with E-state index in [2.05, 4.69) is 44.1 Å². The van der Waals surface area contributed by atoms with Crippen molar-refractivity contribution in [2.45, 2.75) is 31.8 Å². The molecule has 4 rings (SSSR count). The van der Waals surface area contributed by atoms with E-state index in [1.165, 1.54) is 24.5 Å². The molecule has 152 valence electrons. The Morgan fingerprint density at radius 1 is 1.14 bits per heavy atom. The molecule has 0 aliphatic heterocycles. The number of likely N-dealkylation sites (N-methyl/N-ethyl adjacent to an activating group) is 1. The van der Waals surface area contributed by atoms with Gasteiger partial charge in [-0.3, -0.25) is 14.8 Å². The van der Waals surface area contributed by atoms with Crippen molar-refractivity contribution in [1.82, 2.24) is 29.6 Å². The molecule has 0 saturated heterocycles. The Bertz CT molecular complexity index is 1020. The van der Waals surface area contributed by atoms with Gasteiger partial charge in [0.2, 0.25) is 0 Å². The molecule has 3 aromatic rings. The van der Waals surface area contributed by atoms with Gasteiger partial charge >= 0.3 is 12.0 Å². The Balaban J connectivity index is 1.59. The fourth-order valence-electron chi connectivity index (χ4n) is 3.71. The fraction of sp³-hybridized carbons (Fsp3) is 0.400. The molecule has 0 fully saturated rings. The van der Waals surface area contributed by atoms with Crippen molar-refractivity contribution < 1.29 is 9.47 Å². The summed E-state index contributed by atoms with van der Waals surface area (Å²) < 4.78 is 11.5. The van der Waals surface area contributed by atoms with Crippen LogP contribution in [0, 0.1) is 0 Å². The van der Waals surface area contributed by atoms with Crippen LogP contribution in [0.4, 0.5) is 0 Å². The van der Waals surface area contributed by atoms with Crippen molar-refractivity contribution in [2.75, 3.05) is 21.3 Å². The molecule has 1 unspecified atom stereocenters. The Hall–Kier alpha value is -3.20. The van der Waals surface area contributed by atoms with E-state index in [-0.39, 0.29) is 23.5 Å². The molecule has 2 aromatic heterocycles. The molecule has 9 heteroatoms. The highest BCUT2D eigenvalue weighted by atomic mass is 16.5. The summed E-state index contributed by atoms with van der Waals surface area (Å²) in [7, 11) is 5.01. The average molecular weight is 396 g/mol. The van der Waals surface area contributed by atoms with Crippen LogP contribution in [-0.4, -0.2) is 56.9 Å². The maximum atomic E-state index is 13.1. The average Bonchev–Trinajstić information content (AvgIpc) is 3.10. The molecule has 1 aliphatic carbocycles. The molecule has 1 aromatic carbocycles. The number of methoxy groups -OCH3 is 2. The molecule has 0 spiro atoms. The first-order chi connectivity index (χ1) is 14.1. The fourth-order valence-corrected chi connectivity index (χ4v) is 3.71. The van der Waals surface area contributed by atoms with Crippen molar-refractivity contribution in [1.29, 1.82) is 0 Å². The molecule has 29 heavy (non-hydrogen) atoms. The lowest BCUT2D eigenvalue weighted by atomic mass is 9.92. The number of aromatic amines is 1. The second kappa shape index (κ2) is 8.04. The first-order valence-corrected chi connectivity index (χ1v) is 9.50. The van der Waals surface area contributed by atoms with Crippen LogP contribution >= 0.6 is 0 Å². The smallest absolute Gasteiger partial charge is 0.324 e. The Labute approximate surface area is 168 Å². The van der Waals surface area contributed by atoms with Gasteiger partial charge < -0.3 is 9.47 Å². The van der Waals surface area contributed by atoms with E-state index in [9.17, 15) is 4.79 Å². The van der Waals surface area contributed by atoms with E-state index in [1.807, 2.05) is 18.2 Å². The minimum atomic E-state index is -0.145. The number of nitrogens with zero attached hydrogens (tertiary/aromatic N) is 5. The lowest BCUT2D eigenvalue weighted by Crippen LogP contribution is -2.37. The van der Waals surface area contributed by atoms with E-state index < -0.39 is 0 Å². The number of aryl methyl sites for hydroxylation is 1. The predicted octanol–water partition coefficient (Wildman–Crippen LogP) is 1.36. The summed E-state index contributed by atoms with van der Waals surface area (Å²) >= 11 is 0. The number of fused-ring (bicyclic) bond motifs is 1. The number of hydrogen-bond donors (Lipinski definition) is 1. The summed E-state index contributed by atoms with van der Waals surface area (Å²) in [5.74, 6) is 0.155. The van der Waals surface area contributed by atoms with Gasteiger partial charge in [-0.25, -0.2) is 0 Å². The van der Waals surface area contributed by atoms with Gasteiger partial charge in [0.15, 0.2) is 0 Å². The first kappa shape index (κ1) is 19.1. The standard InChI is InChI=1S/C20H24N6O3/c1-25(12-13-7-5-4-6-8-13)14-9-10-16-15(11-14)17(27)26(24-16)18-21-19(28-2)23-20(22-18)29-3/h4-8,14,24H,9-12H2,1-3H3. The maximum absolute atomic E-state index is 13.1. The molecule has 0 saturated carbocycles. The SMILES string of the molecule is COc1nc(OC)nc(-n2[nH]c3c(c2=O)CC(N(C)Cc2ccccc2)CC3)n1. The number of aromatic nitrogens is 5. The minimum Gasteiger partial charge on any atom is -0.467 e. The zero-order valence-corrected chi connectivity index (χ0v) is 16.8. The second-order valence-electron chi connectivity index (χ2n) is 7.12. The number of H-pyrrole nitrogens is 1. The zero-order chi connectivity index (χ0) is 20.4. The van der Waals surface area contributed by atoms with Gasteiger partial charge in [-0.2, -0.15) is 14.6 Å². The van der Waals surface area contributed by atoms with Crippen LogP contribution in [0.15, 0.2) is 35.1 Å². The third-order valence-corrected chi connectivity index (χ3v) is 5.29. The summed E-state index contributed by atoms with van der Waals surface area (Å²) in [6.07, 6.45) is 2.45. The number of nitrogens with one attached hydrogen (secondary N) is 1. The maximum Gasteiger partial charge on any atom is 0.324 e. The molecular formula is C20H24N6O3. The zero-order valence-electron chi connectivity index (χ0n) is 16.8. The number of rotatable bonds is 6. The Kier molecular flexibility index (Phi) is 5.30.